The van der Waals surface area contributed by atoms with Crippen molar-refractivity contribution in [3.8, 4) is 28.6 Å². The van der Waals surface area contributed by atoms with Gasteiger partial charge in [0.2, 0.25) is 5.88 Å². The molecule has 1 aromatic carbocycles. The molecule has 4 heterocycles. The number of hydrogen-bond acceptors (Lipinski definition) is 6. The third kappa shape index (κ3) is 3.52. The molecule has 156 valence electrons. The molecule has 2 fully saturated rings. The van der Waals surface area contributed by atoms with E-state index in [2.05, 4.69) is 27.2 Å². The fraction of sp³-hybridized carbons (Fsp3) is 0.409. The number of hydrogen-bond donors (Lipinski definition) is 2. The van der Waals surface area contributed by atoms with Crippen molar-refractivity contribution in [1.29, 1.82) is 0 Å². The quantitative estimate of drug-likeness (QED) is 0.687. The molecule has 2 saturated heterocycles. The molecule has 0 aliphatic carbocycles. The van der Waals surface area contributed by atoms with Crippen LogP contribution in [0.15, 0.2) is 49.3 Å². The van der Waals surface area contributed by atoms with Crippen LogP contribution in [0.2, 0.25) is 0 Å². The summed E-state index contributed by atoms with van der Waals surface area (Å²) in [5, 5.41) is 13.9. The monoisotopic (exact) mass is 409 g/mol. The van der Waals surface area contributed by atoms with Gasteiger partial charge >= 0.3 is 0 Å². The van der Waals surface area contributed by atoms with Gasteiger partial charge in [-0.15, -0.1) is 0 Å². The SMILES string of the molecule is C[C@@]12CCCC(N1)[C@@H](F)[C@@H](Oc1cnc(-c3ccc(-n4ccnc4)cc3O)cn1)C2. The molecule has 30 heavy (non-hydrogen) atoms. The first kappa shape index (κ1) is 19.0. The molecule has 0 saturated carbocycles. The molecular weight excluding hydrogens is 385 g/mol. The van der Waals surface area contributed by atoms with E-state index >= 15 is 0 Å². The topological polar surface area (TPSA) is 85.1 Å². The highest BCUT2D eigenvalue weighted by molar-refractivity contribution is 5.68. The van der Waals surface area contributed by atoms with Crippen LogP contribution < -0.4 is 10.1 Å². The van der Waals surface area contributed by atoms with Gasteiger partial charge in [-0.2, -0.15) is 0 Å². The number of phenolic OH excluding ortho intramolecular Hbond substituents is 1. The van der Waals surface area contributed by atoms with E-state index in [0.717, 1.165) is 24.9 Å². The first-order valence-electron chi connectivity index (χ1n) is 10.2. The van der Waals surface area contributed by atoms with Crippen molar-refractivity contribution in [3.05, 3.63) is 49.3 Å². The van der Waals surface area contributed by atoms with Crippen LogP contribution >= 0.6 is 0 Å². The number of benzene rings is 1. The summed E-state index contributed by atoms with van der Waals surface area (Å²) in [7, 11) is 0. The van der Waals surface area contributed by atoms with Gasteiger partial charge in [0, 0.05) is 42.0 Å². The van der Waals surface area contributed by atoms with Crippen LogP contribution in [0.5, 0.6) is 11.6 Å². The molecule has 2 N–H and O–H groups in total. The van der Waals surface area contributed by atoms with Crippen molar-refractivity contribution < 1.29 is 14.2 Å². The molecule has 2 bridgehead atoms. The fourth-order valence-corrected chi connectivity index (χ4v) is 4.61. The standard InChI is InChI=1S/C22H24FN5O2/c1-22-6-2-3-16(27-22)21(23)19(10-22)30-20-12-25-17(11-26-20)15-5-4-14(9-18(15)29)28-8-7-24-13-28/h4-5,7-9,11-13,16,19,21,27,29H,2-3,6,10H2,1H3/t16?,19-,21+,22-/m0/s1. The van der Waals surface area contributed by atoms with E-state index in [1.54, 1.807) is 35.4 Å². The lowest BCUT2D eigenvalue weighted by molar-refractivity contribution is -0.0219. The van der Waals surface area contributed by atoms with E-state index in [0.29, 0.717) is 23.6 Å². The summed E-state index contributed by atoms with van der Waals surface area (Å²) in [5.74, 6) is 0.386. The van der Waals surface area contributed by atoms with Gasteiger partial charge in [-0.25, -0.2) is 19.3 Å². The Morgan fingerprint density at radius 2 is 2.20 bits per heavy atom. The molecule has 2 aliphatic rings. The number of aromatic nitrogens is 4. The molecule has 1 unspecified atom stereocenters. The van der Waals surface area contributed by atoms with Gasteiger partial charge < -0.3 is 19.7 Å². The number of ether oxygens (including phenoxy) is 1. The molecule has 2 aromatic heterocycles. The minimum atomic E-state index is -1.07. The van der Waals surface area contributed by atoms with Crippen LogP contribution in [0.25, 0.3) is 16.9 Å². The highest BCUT2D eigenvalue weighted by Crippen LogP contribution is 2.37. The van der Waals surface area contributed by atoms with Gasteiger partial charge in [-0.1, -0.05) is 0 Å². The molecule has 3 aromatic rings. The molecule has 0 amide bonds. The van der Waals surface area contributed by atoms with Crippen molar-refractivity contribution >= 4 is 0 Å². The predicted octanol–water partition coefficient (Wildman–Crippen LogP) is 3.42. The zero-order chi connectivity index (χ0) is 20.7. The van der Waals surface area contributed by atoms with Gasteiger partial charge in [-0.05, 0) is 38.3 Å². The van der Waals surface area contributed by atoms with Crippen LogP contribution in [-0.2, 0) is 0 Å². The van der Waals surface area contributed by atoms with Crippen LogP contribution in [0.3, 0.4) is 0 Å². The van der Waals surface area contributed by atoms with E-state index in [1.807, 2.05) is 6.07 Å². The average Bonchev–Trinajstić information content (AvgIpc) is 3.27. The second kappa shape index (κ2) is 7.36. The average molecular weight is 409 g/mol. The maximum atomic E-state index is 14.9. The number of fused-ring (bicyclic) bond motifs is 2. The Bertz CT molecular complexity index is 1030. The smallest absolute Gasteiger partial charge is 0.232 e. The summed E-state index contributed by atoms with van der Waals surface area (Å²) in [6.07, 6.45) is 10.1. The summed E-state index contributed by atoms with van der Waals surface area (Å²) in [5.41, 5.74) is 1.78. The third-order valence-electron chi connectivity index (χ3n) is 6.13. The lowest BCUT2D eigenvalue weighted by Crippen LogP contribution is -2.64. The van der Waals surface area contributed by atoms with Gasteiger partial charge in [0.25, 0.3) is 0 Å². The summed E-state index contributed by atoms with van der Waals surface area (Å²) >= 11 is 0. The van der Waals surface area contributed by atoms with Crippen molar-refractivity contribution in [1.82, 2.24) is 24.8 Å². The van der Waals surface area contributed by atoms with Crippen LogP contribution in [-0.4, -0.2) is 48.5 Å². The number of alkyl halides is 1. The third-order valence-corrected chi connectivity index (χ3v) is 6.13. The Kier molecular flexibility index (Phi) is 4.66. The summed E-state index contributed by atoms with van der Waals surface area (Å²) < 4.78 is 22.5. The van der Waals surface area contributed by atoms with E-state index in [4.69, 9.17) is 4.74 Å². The van der Waals surface area contributed by atoms with Gasteiger partial charge in [0.15, 0.2) is 6.17 Å². The number of aromatic hydroxyl groups is 1. The lowest BCUT2D eigenvalue weighted by atomic mass is 9.75. The largest absolute Gasteiger partial charge is 0.507 e. The van der Waals surface area contributed by atoms with Crippen molar-refractivity contribution in [3.63, 3.8) is 0 Å². The molecule has 0 radical (unpaired) electrons. The van der Waals surface area contributed by atoms with E-state index in [9.17, 15) is 9.50 Å². The number of piperidine rings is 2. The molecule has 4 atom stereocenters. The Morgan fingerprint density at radius 3 is 2.93 bits per heavy atom. The second-order valence-corrected chi connectivity index (χ2v) is 8.42. The first-order chi connectivity index (χ1) is 14.5. The number of imidazole rings is 1. The summed E-state index contributed by atoms with van der Waals surface area (Å²) in [6, 6.07) is 5.12. The summed E-state index contributed by atoms with van der Waals surface area (Å²) in [6.45, 7) is 2.13. The number of nitrogens with zero attached hydrogens (tertiary/aromatic N) is 4. The first-order valence-corrected chi connectivity index (χ1v) is 10.2. The molecule has 0 spiro atoms. The predicted molar refractivity (Wildman–Crippen MR) is 109 cm³/mol. The molecule has 5 rings (SSSR count). The minimum Gasteiger partial charge on any atom is -0.507 e. The number of halogens is 1. The van der Waals surface area contributed by atoms with Crippen LogP contribution in [0.1, 0.15) is 32.6 Å². The van der Waals surface area contributed by atoms with Crippen molar-refractivity contribution in [2.45, 2.75) is 56.5 Å². The minimum absolute atomic E-state index is 0.0899. The maximum absolute atomic E-state index is 14.9. The van der Waals surface area contributed by atoms with Gasteiger partial charge in [-0.3, -0.25) is 0 Å². The Hall–Kier alpha value is -3.00. The number of rotatable bonds is 4. The van der Waals surface area contributed by atoms with Crippen molar-refractivity contribution in [2.75, 3.05) is 0 Å². The Labute approximate surface area is 174 Å². The number of phenols is 1. The lowest BCUT2D eigenvalue weighted by Gasteiger charge is -2.48. The number of nitrogens with one attached hydrogen (secondary N) is 1. The van der Waals surface area contributed by atoms with Crippen LogP contribution in [0.4, 0.5) is 4.39 Å². The molecular formula is C22H24FN5O2. The molecule has 2 aliphatic heterocycles. The zero-order valence-electron chi connectivity index (χ0n) is 16.7. The normalized spacial score (nSPS) is 28.3. The van der Waals surface area contributed by atoms with Crippen molar-refractivity contribution in [2.24, 2.45) is 0 Å². The highest BCUT2D eigenvalue weighted by Gasteiger charge is 2.47. The van der Waals surface area contributed by atoms with Gasteiger partial charge in [0.05, 0.1) is 30.1 Å². The zero-order valence-corrected chi connectivity index (χ0v) is 16.7. The fourth-order valence-electron chi connectivity index (χ4n) is 4.61. The second-order valence-electron chi connectivity index (χ2n) is 8.42. The Balaban J connectivity index is 1.32. The Morgan fingerprint density at radius 1 is 1.30 bits per heavy atom. The van der Waals surface area contributed by atoms with Crippen LogP contribution in [0, 0.1) is 0 Å². The molecule has 7 nitrogen and oxygen atoms in total. The maximum Gasteiger partial charge on any atom is 0.232 e. The van der Waals surface area contributed by atoms with Gasteiger partial charge in [0.1, 0.15) is 11.9 Å². The summed E-state index contributed by atoms with van der Waals surface area (Å²) in [4.78, 5) is 12.7. The molecule has 8 heteroatoms. The van der Waals surface area contributed by atoms with E-state index in [1.165, 1.54) is 12.4 Å². The van der Waals surface area contributed by atoms with E-state index < -0.39 is 12.3 Å². The van der Waals surface area contributed by atoms with E-state index in [-0.39, 0.29) is 17.3 Å². The highest BCUT2D eigenvalue weighted by atomic mass is 19.1.